The predicted molar refractivity (Wildman–Crippen MR) is 98.4 cm³/mol. The summed E-state index contributed by atoms with van der Waals surface area (Å²) in [4.78, 5) is 35.9. The van der Waals surface area contributed by atoms with E-state index >= 15 is 0 Å². The molecule has 3 N–H and O–H groups in total. The van der Waals surface area contributed by atoms with Gasteiger partial charge in [-0.05, 0) is 37.2 Å². The highest BCUT2D eigenvalue weighted by molar-refractivity contribution is 5.88. The van der Waals surface area contributed by atoms with E-state index in [4.69, 9.17) is 5.11 Å². The summed E-state index contributed by atoms with van der Waals surface area (Å²) >= 11 is 0. The maximum atomic E-state index is 12.6. The van der Waals surface area contributed by atoms with Crippen LogP contribution >= 0.6 is 0 Å². The number of amides is 2. The minimum Gasteiger partial charge on any atom is -0.481 e. The van der Waals surface area contributed by atoms with Gasteiger partial charge in [0.25, 0.3) is 0 Å². The van der Waals surface area contributed by atoms with Crippen LogP contribution in [-0.4, -0.2) is 35.0 Å². The molecule has 0 heterocycles. The molecule has 2 amide bonds. The molecule has 0 bridgehead atoms. The van der Waals surface area contributed by atoms with Gasteiger partial charge in [-0.2, -0.15) is 0 Å². The third-order valence-corrected chi connectivity index (χ3v) is 4.90. The maximum Gasteiger partial charge on any atom is 0.306 e. The van der Waals surface area contributed by atoms with Crippen molar-refractivity contribution in [2.45, 2.75) is 58.0 Å². The fourth-order valence-electron chi connectivity index (χ4n) is 3.32. The van der Waals surface area contributed by atoms with E-state index in [-0.39, 0.29) is 36.1 Å². The Morgan fingerprint density at radius 2 is 1.69 bits per heavy atom. The molecular formula is C20H28N2O4. The number of hydrogen-bond acceptors (Lipinski definition) is 3. The third-order valence-electron chi connectivity index (χ3n) is 4.90. The topological polar surface area (TPSA) is 95.5 Å². The second-order valence-corrected chi connectivity index (χ2v) is 7.35. The normalized spacial score (nSPS) is 21.0. The molecule has 0 saturated heterocycles. The standard InChI is InChI=1S/C20H28N2O4/c1-13(2)18(22-17(23)12-14-6-4-3-5-7-14)19(24)21-16-10-8-15(9-11-16)20(25)26/h3-7,13,15-16,18H,8-12H2,1-2H3,(H,21,24)(H,22,23)(H,25,26). The van der Waals surface area contributed by atoms with Crippen LogP contribution in [0.4, 0.5) is 0 Å². The van der Waals surface area contributed by atoms with Crippen molar-refractivity contribution < 1.29 is 19.5 Å². The Bertz CT molecular complexity index is 622. The number of carbonyl (C=O) groups excluding carboxylic acids is 2. The van der Waals surface area contributed by atoms with Crippen LogP contribution in [0.25, 0.3) is 0 Å². The number of hydrogen-bond donors (Lipinski definition) is 3. The van der Waals surface area contributed by atoms with Gasteiger partial charge in [0.1, 0.15) is 6.04 Å². The molecule has 1 aliphatic carbocycles. The number of carbonyl (C=O) groups is 3. The number of benzene rings is 1. The lowest BCUT2D eigenvalue weighted by atomic mass is 9.86. The fraction of sp³-hybridized carbons (Fsp3) is 0.550. The van der Waals surface area contributed by atoms with Crippen LogP contribution in [0, 0.1) is 11.8 Å². The van der Waals surface area contributed by atoms with Crippen molar-refractivity contribution in [1.29, 1.82) is 0 Å². The third kappa shape index (κ3) is 5.86. The summed E-state index contributed by atoms with van der Waals surface area (Å²) in [6.07, 6.45) is 2.71. The summed E-state index contributed by atoms with van der Waals surface area (Å²) in [5.74, 6) is -1.48. The molecule has 1 atom stereocenters. The van der Waals surface area contributed by atoms with Crippen molar-refractivity contribution in [2.24, 2.45) is 11.8 Å². The lowest BCUT2D eigenvalue weighted by Crippen LogP contribution is -2.53. The first-order valence-corrected chi connectivity index (χ1v) is 9.23. The molecule has 0 spiro atoms. The lowest BCUT2D eigenvalue weighted by molar-refractivity contribution is -0.143. The van der Waals surface area contributed by atoms with Crippen molar-refractivity contribution in [3.8, 4) is 0 Å². The molecule has 1 saturated carbocycles. The van der Waals surface area contributed by atoms with Crippen molar-refractivity contribution in [2.75, 3.05) is 0 Å². The van der Waals surface area contributed by atoms with Crippen LogP contribution in [0.5, 0.6) is 0 Å². The number of rotatable bonds is 7. The first-order valence-electron chi connectivity index (χ1n) is 9.23. The monoisotopic (exact) mass is 360 g/mol. The molecule has 1 aromatic carbocycles. The maximum absolute atomic E-state index is 12.6. The van der Waals surface area contributed by atoms with Crippen LogP contribution < -0.4 is 10.6 Å². The molecule has 0 aliphatic heterocycles. The minimum atomic E-state index is -0.761. The molecule has 142 valence electrons. The van der Waals surface area contributed by atoms with Crippen LogP contribution in [-0.2, 0) is 20.8 Å². The largest absolute Gasteiger partial charge is 0.481 e. The van der Waals surface area contributed by atoms with Gasteiger partial charge in [-0.1, -0.05) is 44.2 Å². The van der Waals surface area contributed by atoms with E-state index in [1.165, 1.54) is 0 Å². The summed E-state index contributed by atoms with van der Waals surface area (Å²) in [7, 11) is 0. The molecular weight excluding hydrogens is 332 g/mol. The van der Waals surface area contributed by atoms with Crippen LogP contribution in [0.1, 0.15) is 45.1 Å². The Balaban J connectivity index is 1.87. The highest BCUT2D eigenvalue weighted by atomic mass is 16.4. The summed E-state index contributed by atoms with van der Waals surface area (Å²) in [5, 5.41) is 14.9. The van der Waals surface area contributed by atoms with E-state index in [1.54, 1.807) is 0 Å². The second-order valence-electron chi connectivity index (χ2n) is 7.35. The van der Waals surface area contributed by atoms with Crippen molar-refractivity contribution in [1.82, 2.24) is 10.6 Å². The highest BCUT2D eigenvalue weighted by Gasteiger charge is 2.30. The van der Waals surface area contributed by atoms with Crippen molar-refractivity contribution >= 4 is 17.8 Å². The van der Waals surface area contributed by atoms with E-state index in [1.807, 2.05) is 44.2 Å². The Hall–Kier alpha value is -2.37. The number of carboxylic acid groups (broad SMARTS) is 1. The van der Waals surface area contributed by atoms with E-state index in [0.29, 0.717) is 25.7 Å². The van der Waals surface area contributed by atoms with Gasteiger partial charge in [-0.15, -0.1) is 0 Å². The molecule has 26 heavy (non-hydrogen) atoms. The Morgan fingerprint density at radius 1 is 1.08 bits per heavy atom. The van der Waals surface area contributed by atoms with Gasteiger partial charge >= 0.3 is 5.97 Å². The zero-order chi connectivity index (χ0) is 19.1. The van der Waals surface area contributed by atoms with Gasteiger partial charge in [0, 0.05) is 6.04 Å². The molecule has 0 aromatic heterocycles. The summed E-state index contributed by atoms with van der Waals surface area (Å²) < 4.78 is 0. The Kier molecular flexibility index (Phi) is 7.18. The second kappa shape index (κ2) is 9.36. The molecule has 6 nitrogen and oxygen atoms in total. The predicted octanol–water partition coefficient (Wildman–Crippen LogP) is 2.13. The van der Waals surface area contributed by atoms with Crippen LogP contribution in [0.3, 0.4) is 0 Å². The average Bonchev–Trinajstić information content (AvgIpc) is 2.60. The number of carboxylic acids is 1. The summed E-state index contributed by atoms with van der Waals surface area (Å²) in [6, 6.07) is 8.79. The summed E-state index contributed by atoms with van der Waals surface area (Å²) in [6.45, 7) is 3.79. The first kappa shape index (κ1) is 19.9. The van der Waals surface area contributed by atoms with Gasteiger partial charge in [0.2, 0.25) is 11.8 Å². The molecule has 1 aliphatic rings. The van der Waals surface area contributed by atoms with Crippen LogP contribution in [0.2, 0.25) is 0 Å². The van der Waals surface area contributed by atoms with E-state index in [0.717, 1.165) is 5.56 Å². The molecule has 1 aromatic rings. The minimum absolute atomic E-state index is 0.0228. The number of aliphatic carboxylic acids is 1. The highest BCUT2D eigenvalue weighted by Crippen LogP contribution is 2.24. The lowest BCUT2D eigenvalue weighted by Gasteiger charge is -2.29. The van der Waals surface area contributed by atoms with E-state index < -0.39 is 12.0 Å². The van der Waals surface area contributed by atoms with Crippen LogP contribution in [0.15, 0.2) is 30.3 Å². The molecule has 6 heteroatoms. The Labute approximate surface area is 154 Å². The van der Waals surface area contributed by atoms with Gasteiger partial charge in [0.15, 0.2) is 0 Å². The quantitative estimate of drug-likeness (QED) is 0.694. The Morgan fingerprint density at radius 3 is 2.23 bits per heavy atom. The molecule has 1 unspecified atom stereocenters. The smallest absolute Gasteiger partial charge is 0.306 e. The number of nitrogens with one attached hydrogen (secondary N) is 2. The first-order chi connectivity index (χ1) is 12.4. The molecule has 0 radical (unpaired) electrons. The van der Waals surface area contributed by atoms with Gasteiger partial charge in [0.05, 0.1) is 12.3 Å². The average molecular weight is 360 g/mol. The molecule has 2 rings (SSSR count). The summed E-state index contributed by atoms with van der Waals surface area (Å²) in [5.41, 5.74) is 0.903. The van der Waals surface area contributed by atoms with Gasteiger partial charge in [-0.3, -0.25) is 14.4 Å². The van der Waals surface area contributed by atoms with E-state index in [9.17, 15) is 14.4 Å². The fourth-order valence-corrected chi connectivity index (χ4v) is 3.32. The van der Waals surface area contributed by atoms with Gasteiger partial charge in [-0.25, -0.2) is 0 Å². The zero-order valence-electron chi connectivity index (χ0n) is 15.4. The van der Waals surface area contributed by atoms with Gasteiger partial charge < -0.3 is 15.7 Å². The molecule has 1 fully saturated rings. The van der Waals surface area contributed by atoms with E-state index in [2.05, 4.69) is 10.6 Å². The van der Waals surface area contributed by atoms with Crippen molar-refractivity contribution in [3.63, 3.8) is 0 Å². The van der Waals surface area contributed by atoms with Crippen molar-refractivity contribution in [3.05, 3.63) is 35.9 Å². The zero-order valence-corrected chi connectivity index (χ0v) is 15.4. The SMILES string of the molecule is CC(C)C(NC(=O)Cc1ccccc1)C(=O)NC1CCC(C(=O)O)CC1.